The summed E-state index contributed by atoms with van der Waals surface area (Å²) in [6, 6.07) is 1.59. The van der Waals surface area contributed by atoms with E-state index in [1.54, 1.807) is 17.6 Å². The summed E-state index contributed by atoms with van der Waals surface area (Å²) in [6.07, 6.45) is 6.16. The minimum atomic E-state index is -0.367. The average Bonchev–Trinajstić information content (AvgIpc) is 3.18. The van der Waals surface area contributed by atoms with Gasteiger partial charge in [0, 0.05) is 30.8 Å². The Morgan fingerprint density at radius 1 is 1.62 bits per heavy atom. The van der Waals surface area contributed by atoms with Gasteiger partial charge < -0.3 is 10.1 Å². The lowest BCUT2D eigenvalue weighted by Gasteiger charge is -2.08. The van der Waals surface area contributed by atoms with Crippen molar-refractivity contribution >= 4 is 22.0 Å². The molecule has 1 aliphatic rings. The first-order valence-electron chi connectivity index (χ1n) is 6.80. The van der Waals surface area contributed by atoms with Gasteiger partial charge in [-0.2, -0.15) is 5.10 Å². The Labute approximate surface area is 125 Å². The smallest absolute Gasteiger partial charge is 0.324 e. The summed E-state index contributed by atoms with van der Waals surface area (Å²) >= 11 is 1.14. The zero-order valence-electron chi connectivity index (χ0n) is 11.4. The molecular formula is C13H16N4O3S. The minimum Gasteiger partial charge on any atom is -0.378 e. The molecule has 1 atom stereocenters. The van der Waals surface area contributed by atoms with Crippen LogP contribution < -0.4 is 5.32 Å². The highest BCUT2D eigenvalue weighted by Crippen LogP contribution is 2.23. The number of ether oxygens (including phenoxy) is 1. The second-order valence-electron chi connectivity index (χ2n) is 4.99. The van der Waals surface area contributed by atoms with Crippen LogP contribution in [0.4, 0.5) is 10.7 Å². The number of hydrogen-bond acceptors (Lipinski definition) is 6. The summed E-state index contributed by atoms with van der Waals surface area (Å²) in [6.45, 7) is 2.16. The number of nitrogens with one attached hydrogen (secondary N) is 1. The molecule has 0 aliphatic carbocycles. The number of rotatable bonds is 6. The van der Waals surface area contributed by atoms with Gasteiger partial charge in [-0.3, -0.25) is 14.8 Å². The average molecular weight is 308 g/mol. The molecule has 21 heavy (non-hydrogen) atoms. The molecule has 0 aromatic carbocycles. The Morgan fingerprint density at radius 3 is 3.24 bits per heavy atom. The molecule has 1 saturated heterocycles. The molecule has 1 fully saturated rings. The van der Waals surface area contributed by atoms with Crippen LogP contribution in [0.3, 0.4) is 0 Å². The van der Waals surface area contributed by atoms with Crippen LogP contribution in [-0.2, 0) is 17.8 Å². The van der Waals surface area contributed by atoms with Gasteiger partial charge in [-0.15, -0.1) is 0 Å². The first-order chi connectivity index (χ1) is 10.2. The van der Waals surface area contributed by atoms with E-state index in [0.717, 1.165) is 48.6 Å². The lowest BCUT2D eigenvalue weighted by molar-refractivity contribution is -0.380. The Kier molecular flexibility index (Phi) is 4.16. The molecule has 112 valence electrons. The van der Waals surface area contributed by atoms with Crippen LogP contribution in [0, 0.1) is 10.1 Å². The van der Waals surface area contributed by atoms with Crippen LogP contribution in [-0.4, -0.2) is 27.4 Å². The van der Waals surface area contributed by atoms with Crippen molar-refractivity contribution in [2.24, 2.45) is 0 Å². The Balaban J connectivity index is 1.52. The third-order valence-electron chi connectivity index (χ3n) is 3.36. The number of anilines is 1. The number of hydrogen-bond donors (Lipinski definition) is 1. The molecule has 0 saturated carbocycles. The molecule has 0 spiro atoms. The van der Waals surface area contributed by atoms with Gasteiger partial charge in [0.2, 0.25) is 0 Å². The van der Waals surface area contributed by atoms with Gasteiger partial charge in [0.25, 0.3) is 0 Å². The van der Waals surface area contributed by atoms with Crippen molar-refractivity contribution in [3.63, 3.8) is 0 Å². The van der Waals surface area contributed by atoms with E-state index >= 15 is 0 Å². The van der Waals surface area contributed by atoms with Crippen molar-refractivity contribution in [3.8, 4) is 0 Å². The lowest BCUT2D eigenvalue weighted by Crippen LogP contribution is -2.15. The summed E-state index contributed by atoms with van der Waals surface area (Å²) in [4.78, 5) is 10.3. The predicted octanol–water partition coefficient (Wildman–Crippen LogP) is 2.64. The van der Waals surface area contributed by atoms with Gasteiger partial charge in [-0.25, -0.2) is 0 Å². The third-order valence-corrected chi connectivity index (χ3v) is 4.29. The second kappa shape index (κ2) is 6.23. The van der Waals surface area contributed by atoms with Gasteiger partial charge in [-0.05, 0) is 18.4 Å². The maximum Gasteiger partial charge on any atom is 0.324 e. The molecule has 3 heterocycles. The molecule has 3 rings (SSSR count). The molecule has 7 nitrogen and oxygen atoms in total. The van der Waals surface area contributed by atoms with E-state index in [1.807, 2.05) is 10.9 Å². The number of aromatic nitrogens is 2. The minimum absolute atomic E-state index is 0.167. The van der Waals surface area contributed by atoms with Crippen LogP contribution in [0.5, 0.6) is 0 Å². The van der Waals surface area contributed by atoms with E-state index < -0.39 is 0 Å². The highest BCUT2D eigenvalue weighted by molar-refractivity contribution is 7.13. The maximum atomic E-state index is 10.6. The highest BCUT2D eigenvalue weighted by atomic mass is 32.1. The quantitative estimate of drug-likeness (QED) is 0.655. The zero-order valence-corrected chi connectivity index (χ0v) is 12.2. The van der Waals surface area contributed by atoms with Crippen LogP contribution in [0.1, 0.15) is 18.4 Å². The summed E-state index contributed by atoms with van der Waals surface area (Å²) in [5, 5.41) is 20.1. The standard InChI is InChI=1S/C13H16N4O3S/c18-17(19)13-4-10(9-21-13)5-14-11-6-15-16(7-11)8-12-2-1-3-20-12/h4,6-7,9,12,14H,1-3,5,8H2. The summed E-state index contributed by atoms with van der Waals surface area (Å²) in [7, 11) is 0. The molecule has 0 bridgehead atoms. The fraction of sp³-hybridized carbons (Fsp3) is 0.462. The Hall–Kier alpha value is -1.93. The van der Waals surface area contributed by atoms with Crippen molar-refractivity contribution in [3.05, 3.63) is 39.5 Å². The molecule has 0 radical (unpaired) electrons. The summed E-state index contributed by atoms with van der Waals surface area (Å²) in [5.74, 6) is 0. The van der Waals surface area contributed by atoms with Crippen molar-refractivity contribution in [1.82, 2.24) is 9.78 Å². The van der Waals surface area contributed by atoms with Gasteiger partial charge in [0.05, 0.1) is 29.5 Å². The van der Waals surface area contributed by atoms with Crippen LogP contribution in [0.15, 0.2) is 23.8 Å². The monoisotopic (exact) mass is 308 g/mol. The van der Waals surface area contributed by atoms with Crippen LogP contribution >= 0.6 is 11.3 Å². The first kappa shape index (κ1) is 14.0. The fourth-order valence-electron chi connectivity index (χ4n) is 2.31. The maximum absolute atomic E-state index is 10.6. The van der Waals surface area contributed by atoms with Crippen molar-refractivity contribution in [2.45, 2.75) is 32.0 Å². The molecule has 1 N–H and O–H groups in total. The van der Waals surface area contributed by atoms with E-state index in [9.17, 15) is 10.1 Å². The van der Waals surface area contributed by atoms with Crippen LogP contribution in [0.25, 0.3) is 0 Å². The predicted molar refractivity (Wildman–Crippen MR) is 79.5 cm³/mol. The Morgan fingerprint density at radius 2 is 2.52 bits per heavy atom. The van der Waals surface area contributed by atoms with Crippen LogP contribution in [0.2, 0.25) is 0 Å². The van der Waals surface area contributed by atoms with Gasteiger partial charge >= 0.3 is 5.00 Å². The largest absolute Gasteiger partial charge is 0.378 e. The Bertz CT molecular complexity index is 618. The normalized spacial score (nSPS) is 18.0. The molecule has 2 aromatic rings. The summed E-state index contributed by atoms with van der Waals surface area (Å²) < 4.78 is 7.45. The van der Waals surface area contributed by atoms with E-state index in [4.69, 9.17) is 4.74 Å². The molecule has 0 amide bonds. The van der Waals surface area contributed by atoms with E-state index in [-0.39, 0.29) is 16.0 Å². The molecule has 2 aromatic heterocycles. The van der Waals surface area contributed by atoms with Gasteiger partial charge in [0.15, 0.2) is 0 Å². The fourth-order valence-corrected chi connectivity index (χ4v) is 3.04. The number of nitro groups is 1. The molecule has 1 aliphatic heterocycles. The molecule has 8 heteroatoms. The third kappa shape index (κ3) is 3.59. The van der Waals surface area contributed by atoms with E-state index in [0.29, 0.717) is 6.54 Å². The van der Waals surface area contributed by atoms with Gasteiger partial charge in [0.1, 0.15) is 0 Å². The van der Waals surface area contributed by atoms with Crippen molar-refractivity contribution in [2.75, 3.05) is 11.9 Å². The number of nitrogens with zero attached hydrogens (tertiary/aromatic N) is 3. The first-order valence-corrected chi connectivity index (χ1v) is 7.68. The van der Waals surface area contributed by atoms with Crippen molar-refractivity contribution in [1.29, 1.82) is 0 Å². The summed E-state index contributed by atoms with van der Waals surface area (Å²) in [5.41, 5.74) is 1.81. The van der Waals surface area contributed by atoms with Crippen molar-refractivity contribution < 1.29 is 9.66 Å². The second-order valence-corrected chi connectivity index (χ2v) is 5.88. The van der Waals surface area contributed by atoms with Gasteiger partial charge in [-0.1, -0.05) is 11.3 Å². The topological polar surface area (TPSA) is 82.2 Å². The highest BCUT2D eigenvalue weighted by Gasteiger charge is 2.16. The zero-order chi connectivity index (χ0) is 14.7. The molecular weight excluding hydrogens is 292 g/mol. The van der Waals surface area contributed by atoms with E-state index in [2.05, 4.69) is 10.4 Å². The van der Waals surface area contributed by atoms with E-state index in [1.165, 1.54) is 0 Å². The number of thiophene rings is 1. The SMILES string of the molecule is O=[N+]([O-])c1cc(CNc2cnn(CC3CCCO3)c2)cs1. The molecule has 1 unspecified atom stereocenters. The lowest BCUT2D eigenvalue weighted by atomic mass is 10.2.